The number of carbonyl (C=O) groups excluding carboxylic acids is 1. The molecule has 0 saturated carbocycles. The van der Waals surface area contributed by atoms with Crippen molar-refractivity contribution in [2.24, 2.45) is 0 Å². The highest BCUT2D eigenvalue weighted by molar-refractivity contribution is 5.76. The zero-order chi connectivity index (χ0) is 53.2. The quantitative estimate of drug-likeness (QED) is 0.0204. The molecule has 2 heterocycles. The summed E-state index contributed by atoms with van der Waals surface area (Å²) in [6.45, 7) is 2.77. The van der Waals surface area contributed by atoms with Crippen LogP contribution in [0.1, 0.15) is 264 Å². The minimum Gasteiger partial charge on any atom is -0.394 e. The maximum Gasteiger partial charge on any atom is 0.220 e. The lowest BCUT2D eigenvalue weighted by Crippen LogP contribution is -2.65. The Labute approximate surface area is 444 Å². The normalized spacial score (nSPS) is 25.4. The summed E-state index contributed by atoms with van der Waals surface area (Å²) in [4.78, 5) is 13.2. The molecule has 0 bridgehead atoms. The van der Waals surface area contributed by atoms with E-state index in [0.717, 1.165) is 44.9 Å². The molecule has 73 heavy (non-hydrogen) atoms. The fourth-order valence-corrected chi connectivity index (χ4v) is 10.3. The van der Waals surface area contributed by atoms with Gasteiger partial charge < -0.3 is 65.1 Å². The Hall–Kier alpha value is -1.27. The molecule has 2 saturated heterocycles. The molecule has 9 N–H and O–H groups in total. The van der Waals surface area contributed by atoms with E-state index < -0.39 is 86.8 Å². The van der Waals surface area contributed by atoms with Crippen molar-refractivity contribution in [3.8, 4) is 0 Å². The van der Waals surface area contributed by atoms with Crippen LogP contribution in [0.4, 0.5) is 0 Å². The SMILES string of the molecule is CCCCCCCC/C=C/C(O)C(COC1OC(CO)C(OC2OC(CO)C(O)C(O)C2O)C(O)C1O)NC(=O)CCCCCCCCCCCCCCCCCCCCCCCCCCCCCCCCC. The molecule has 14 heteroatoms. The van der Waals surface area contributed by atoms with Crippen LogP contribution >= 0.6 is 0 Å². The number of nitrogens with one attached hydrogen (secondary N) is 1. The van der Waals surface area contributed by atoms with E-state index in [1.807, 2.05) is 6.08 Å². The second kappa shape index (κ2) is 45.7. The van der Waals surface area contributed by atoms with Gasteiger partial charge in [0.1, 0.15) is 48.8 Å². The smallest absolute Gasteiger partial charge is 0.220 e. The monoisotopic (exact) mass is 1040 g/mol. The van der Waals surface area contributed by atoms with E-state index in [9.17, 15) is 45.6 Å². The molecular weight excluding hydrogens is 931 g/mol. The van der Waals surface area contributed by atoms with Gasteiger partial charge in [0.25, 0.3) is 0 Å². The van der Waals surface area contributed by atoms with E-state index in [4.69, 9.17) is 18.9 Å². The van der Waals surface area contributed by atoms with Crippen molar-refractivity contribution in [2.45, 2.75) is 338 Å². The van der Waals surface area contributed by atoms with Gasteiger partial charge in [0.2, 0.25) is 5.91 Å². The molecule has 0 radical (unpaired) electrons. The summed E-state index contributed by atoms with van der Waals surface area (Å²) >= 11 is 0. The van der Waals surface area contributed by atoms with Crippen LogP contribution in [0, 0.1) is 0 Å². The molecule has 2 aliphatic heterocycles. The number of unbranched alkanes of at least 4 members (excludes halogenated alkanes) is 36. The van der Waals surface area contributed by atoms with Crippen molar-refractivity contribution in [2.75, 3.05) is 19.8 Å². The van der Waals surface area contributed by atoms with Crippen LogP contribution in [-0.2, 0) is 23.7 Å². The van der Waals surface area contributed by atoms with E-state index >= 15 is 0 Å². The number of ether oxygens (including phenoxy) is 4. The summed E-state index contributed by atoms with van der Waals surface area (Å²) in [5, 5.41) is 86.7. The number of hydrogen-bond donors (Lipinski definition) is 9. The van der Waals surface area contributed by atoms with Crippen LogP contribution in [0.25, 0.3) is 0 Å². The summed E-state index contributed by atoms with van der Waals surface area (Å²) in [7, 11) is 0. The first kappa shape index (κ1) is 67.8. The van der Waals surface area contributed by atoms with Gasteiger partial charge in [0, 0.05) is 6.42 Å². The average molecular weight is 1040 g/mol. The van der Waals surface area contributed by atoms with Gasteiger partial charge >= 0.3 is 0 Å². The van der Waals surface area contributed by atoms with Crippen LogP contribution in [0.5, 0.6) is 0 Å². The topological polar surface area (TPSA) is 228 Å². The van der Waals surface area contributed by atoms with E-state index in [0.29, 0.717) is 6.42 Å². The lowest BCUT2D eigenvalue weighted by atomic mass is 9.97. The summed E-state index contributed by atoms with van der Waals surface area (Å²) in [6, 6.07) is -0.907. The van der Waals surface area contributed by atoms with Crippen LogP contribution in [-0.4, -0.2) is 140 Å². The van der Waals surface area contributed by atoms with Crippen molar-refractivity contribution in [3.63, 3.8) is 0 Å². The van der Waals surface area contributed by atoms with Crippen molar-refractivity contribution in [1.29, 1.82) is 0 Å². The maximum absolute atomic E-state index is 13.2. The van der Waals surface area contributed by atoms with Gasteiger partial charge in [-0.2, -0.15) is 0 Å². The third-order valence-electron chi connectivity index (χ3n) is 15.2. The molecule has 2 rings (SSSR count). The summed E-state index contributed by atoms with van der Waals surface area (Å²) in [6.07, 6.45) is 36.0. The second-order valence-electron chi connectivity index (χ2n) is 21.8. The van der Waals surface area contributed by atoms with Gasteiger partial charge in [-0.3, -0.25) is 4.79 Å². The molecule has 12 unspecified atom stereocenters. The highest BCUT2D eigenvalue weighted by atomic mass is 16.7. The van der Waals surface area contributed by atoms with Crippen molar-refractivity contribution < 1.29 is 64.6 Å². The van der Waals surface area contributed by atoms with Gasteiger partial charge in [0.15, 0.2) is 12.6 Å². The van der Waals surface area contributed by atoms with Crippen molar-refractivity contribution >= 4 is 5.91 Å². The predicted octanol–water partition coefficient (Wildman–Crippen LogP) is 10.3. The Balaban J connectivity index is 1.58. The molecule has 432 valence electrons. The number of carbonyl (C=O) groups is 1. The van der Waals surface area contributed by atoms with E-state index in [-0.39, 0.29) is 18.9 Å². The highest BCUT2D eigenvalue weighted by Gasteiger charge is 2.51. The summed E-state index contributed by atoms with van der Waals surface area (Å²) < 4.78 is 22.7. The summed E-state index contributed by atoms with van der Waals surface area (Å²) in [5.74, 6) is -0.237. The first-order valence-corrected chi connectivity index (χ1v) is 30.4. The zero-order valence-corrected chi connectivity index (χ0v) is 46.4. The Bertz CT molecular complexity index is 1280. The molecular formula is C59H113NO13. The molecule has 0 aromatic heterocycles. The Kier molecular flexibility index (Phi) is 42.5. The third-order valence-corrected chi connectivity index (χ3v) is 15.2. The van der Waals surface area contributed by atoms with Crippen LogP contribution in [0.15, 0.2) is 12.2 Å². The van der Waals surface area contributed by atoms with Crippen molar-refractivity contribution in [3.05, 3.63) is 12.2 Å². The number of amides is 1. The molecule has 0 aliphatic carbocycles. The minimum absolute atomic E-state index is 0.237. The van der Waals surface area contributed by atoms with Crippen LogP contribution in [0.3, 0.4) is 0 Å². The molecule has 1 amide bonds. The van der Waals surface area contributed by atoms with Gasteiger partial charge in [-0.15, -0.1) is 0 Å². The fourth-order valence-electron chi connectivity index (χ4n) is 10.3. The third kappa shape index (κ3) is 31.7. The lowest BCUT2D eigenvalue weighted by Gasteiger charge is -2.46. The maximum atomic E-state index is 13.2. The average Bonchev–Trinajstić information content (AvgIpc) is 3.39. The van der Waals surface area contributed by atoms with Gasteiger partial charge in [-0.25, -0.2) is 0 Å². The van der Waals surface area contributed by atoms with E-state index in [2.05, 4.69) is 19.2 Å². The van der Waals surface area contributed by atoms with Crippen LogP contribution in [0.2, 0.25) is 0 Å². The minimum atomic E-state index is -1.78. The Morgan fingerprint density at radius 2 is 0.849 bits per heavy atom. The summed E-state index contributed by atoms with van der Waals surface area (Å²) in [5.41, 5.74) is 0. The molecule has 0 spiro atoms. The second-order valence-corrected chi connectivity index (χ2v) is 21.8. The zero-order valence-electron chi connectivity index (χ0n) is 46.4. The highest BCUT2D eigenvalue weighted by Crippen LogP contribution is 2.30. The Morgan fingerprint density at radius 1 is 0.479 bits per heavy atom. The lowest BCUT2D eigenvalue weighted by molar-refractivity contribution is -0.359. The first-order valence-electron chi connectivity index (χ1n) is 30.4. The van der Waals surface area contributed by atoms with Crippen molar-refractivity contribution in [1.82, 2.24) is 5.32 Å². The standard InChI is InChI=1S/C59H113NO13/c1-3-5-7-9-11-13-14-15-16-17-18-19-20-21-22-23-24-25-26-27-28-29-30-31-32-33-34-35-37-39-41-43-51(64)60-47(48(63)42-40-38-36-12-10-8-6-4-2)46-70-58-56(69)54(67)57(50(45-62)72-58)73-59-55(68)53(66)52(65)49(44-61)71-59/h40,42,47-50,52-59,61-63,65-69H,3-39,41,43-46H2,1-2H3,(H,60,64)/b42-40+. The molecule has 14 nitrogen and oxygen atoms in total. The van der Waals surface area contributed by atoms with E-state index in [1.165, 1.54) is 193 Å². The van der Waals surface area contributed by atoms with Crippen LogP contribution < -0.4 is 5.32 Å². The first-order chi connectivity index (χ1) is 35.6. The molecule has 2 aliphatic rings. The number of rotatable bonds is 49. The largest absolute Gasteiger partial charge is 0.394 e. The molecule has 12 atom stereocenters. The number of aliphatic hydroxyl groups is 8. The van der Waals surface area contributed by atoms with E-state index in [1.54, 1.807) is 6.08 Å². The number of allylic oxidation sites excluding steroid dienone is 1. The number of aliphatic hydroxyl groups excluding tert-OH is 8. The Morgan fingerprint density at radius 3 is 1.26 bits per heavy atom. The molecule has 2 fully saturated rings. The fraction of sp³-hybridized carbons (Fsp3) is 0.949. The van der Waals surface area contributed by atoms with Gasteiger partial charge in [0.05, 0.1) is 32.0 Å². The molecule has 0 aromatic carbocycles. The van der Waals surface area contributed by atoms with Gasteiger partial charge in [-0.05, 0) is 19.3 Å². The predicted molar refractivity (Wildman–Crippen MR) is 291 cm³/mol. The molecule has 0 aromatic rings. The number of hydrogen-bond acceptors (Lipinski definition) is 13. The van der Waals surface area contributed by atoms with Gasteiger partial charge in [-0.1, -0.05) is 251 Å².